The first-order valence-electron chi connectivity index (χ1n) is 7.28. The number of hydrogen-bond acceptors (Lipinski definition) is 4. The van der Waals surface area contributed by atoms with E-state index < -0.39 is 10.0 Å². The Morgan fingerprint density at radius 3 is 2.20 bits per heavy atom. The first-order valence-corrected chi connectivity index (χ1v) is 9.56. The Morgan fingerprint density at radius 1 is 0.960 bits per heavy atom. The Morgan fingerprint density at radius 2 is 1.60 bits per heavy atom. The lowest BCUT2D eigenvalue weighted by Gasteiger charge is -2.09. The summed E-state index contributed by atoms with van der Waals surface area (Å²) in [4.78, 5) is 11.6. The first-order chi connectivity index (χ1) is 11.8. The number of rotatable bonds is 4. The van der Waals surface area contributed by atoms with Crippen molar-refractivity contribution in [2.75, 3.05) is 4.72 Å². The van der Waals surface area contributed by atoms with Crippen molar-refractivity contribution in [3.8, 4) is 11.3 Å². The summed E-state index contributed by atoms with van der Waals surface area (Å²) < 4.78 is 29.3. The molecule has 0 aliphatic carbocycles. The molecular formula is C17H14BrN3O3S. The summed E-state index contributed by atoms with van der Waals surface area (Å²) in [7, 11) is -2.08. The van der Waals surface area contributed by atoms with Gasteiger partial charge >= 0.3 is 0 Å². The van der Waals surface area contributed by atoms with Gasteiger partial charge in [0.15, 0.2) is 0 Å². The van der Waals surface area contributed by atoms with Gasteiger partial charge < -0.3 is 0 Å². The topological polar surface area (TPSA) is 81.1 Å². The van der Waals surface area contributed by atoms with Gasteiger partial charge in [-0.15, -0.1) is 0 Å². The predicted octanol–water partition coefficient (Wildman–Crippen LogP) is 3.01. The van der Waals surface area contributed by atoms with E-state index in [0.717, 1.165) is 10.0 Å². The van der Waals surface area contributed by atoms with Gasteiger partial charge in [-0.3, -0.25) is 9.52 Å². The maximum atomic E-state index is 12.4. The summed E-state index contributed by atoms with van der Waals surface area (Å²) in [6, 6.07) is 16.2. The fourth-order valence-electron chi connectivity index (χ4n) is 2.19. The fraction of sp³-hybridized carbons (Fsp3) is 0.0588. The van der Waals surface area contributed by atoms with Gasteiger partial charge in [0.2, 0.25) is 0 Å². The minimum Gasteiger partial charge on any atom is -0.280 e. The van der Waals surface area contributed by atoms with Crippen LogP contribution in [0.3, 0.4) is 0 Å². The molecule has 0 fully saturated rings. The van der Waals surface area contributed by atoms with Crippen LogP contribution < -0.4 is 10.3 Å². The standard InChI is InChI=1S/C17H14BrN3O3S/c1-21-17(22)11-10-16(19-21)12-2-6-14(7-3-12)20-25(23,24)15-8-4-13(18)5-9-15/h2-11,20H,1H3. The number of halogens is 1. The zero-order valence-electron chi connectivity index (χ0n) is 13.2. The second-order valence-electron chi connectivity index (χ2n) is 5.32. The molecule has 0 spiro atoms. The molecule has 0 saturated carbocycles. The molecule has 0 aliphatic heterocycles. The Hall–Kier alpha value is -2.45. The Balaban J connectivity index is 1.84. The summed E-state index contributed by atoms with van der Waals surface area (Å²) in [5.41, 5.74) is 1.66. The van der Waals surface area contributed by atoms with Crippen molar-refractivity contribution >= 4 is 31.6 Å². The average Bonchev–Trinajstić information content (AvgIpc) is 2.58. The lowest BCUT2D eigenvalue weighted by molar-refractivity contribution is 0.601. The van der Waals surface area contributed by atoms with Gasteiger partial charge in [-0.25, -0.2) is 13.1 Å². The number of benzene rings is 2. The highest BCUT2D eigenvalue weighted by Crippen LogP contribution is 2.22. The summed E-state index contributed by atoms with van der Waals surface area (Å²) in [5, 5.41) is 4.16. The number of hydrogen-bond donors (Lipinski definition) is 1. The van der Waals surface area contributed by atoms with Crippen LogP contribution in [0.4, 0.5) is 5.69 Å². The highest BCUT2D eigenvalue weighted by molar-refractivity contribution is 9.10. The molecule has 1 N–H and O–H groups in total. The average molecular weight is 420 g/mol. The molecule has 2 aromatic carbocycles. The normalized spacial score (nSPS) is 11.3. The summed E-state index contributed by atoms with van der Waals surface area (Å²) in [5.74, 6) is 0. The number of aromatic nitrogens is 2. The Kier molecular flexibility index (Phi) is 4.73. The van der Waals surface area contributed by atoms with Crippen molar-refractivity contribution in [1.82, 2.24) is 9.78 Å². The molecule has 25 heavy (non-hydrogen) atoms. The molecule has 0 radical (unpaired) electrons. The molecular weight excluding hydrogens is 406 g/mol. The number of anilines is 1. The maximum absolute atomic E-state index is 12.4. The zero-order chi connectivity index (χ0) is 18.0. The van der Waals surface area contributed by atoms with Gasteiger partial charge in [-0.2, -0.15) is 5.10 Å². The Bertz CT molecular complexity index is 1060. The summed E-state index contributed by atoms with van der Waals surface area (Å²) in [6.07, 6.45) is 0. The number of nitrogens with one attached hydrogen (secondary N) is 1. The van der Waals surface area contributed by atoms with E-state index in [1.807, 2.05) is 0 Å². The quantitative estimate of drug-likeness (QED) is 0.704. The number of sulfonamides is 1. The van der Waals surface area contributed by atoms with Crippen LogP contribution in [-0.2, 0) is 17.1 Å². The van der Waals surface area contributed by atoms with Crippen molar-refractivity contribution in [2.24, 2.45) is 7.05 Å². The lowest BCUT2D eigenvalue weighted by Crippen LogP contribution is -2.18. The molecule has 3 aromatic rings. The molecule has 6 nitrogen and oxygen atoms in total. The van der Waals surface area contributed by atoms with Gasteiger partial charge in [0.05, 0.1) is 10.6 Å². The van der Waals surface area contributed by atoms with Crippen molar-refractivity contribution in [3.05, 3.63) is 75.5 Å². The van der Waals surface area contributed by atoms with Crippen molar-refractivity contribution < 1.29 is 8.42 Å². The fourth-order valence-corrected chi connectivity index (χ4v) is 3.52. The maximum Gasteiger partial charge on any atom is 0.266 e. The molecule has 0 unspecified atom stereocenters. The summed E-state index contributed by atoms with van der Waals surface area (Å²) >= 11 is 3.28. The summed E-state index contributed by atoms with van der Waals surface area (Å²) in [6.45, 7) is 0. The van der Waals surface area contributed by atoms with Crippen LogP contribution in [0.1, 0.15) is 0 Å². The van der Waals surface area contributed by atoms with E-state index in [1.165, 1.54) is 22.9 Å². The molecule has 1 aromatic heterocycles. The lowest BCUT2D eigenvalue weighted by atomic mass is 10.1. The van der Waals surface area contributed by atoms with E-state index in [9.17, 15) is 13.2 Å². The third-order valence-electron chi connectivity index (χ3n) is 3.52. The van der Waals surface area contributed by atoms with E-state index in [0.29, 0.717) is 11.4 Å². The molecule has 0 aliphatic rings. The SMILES string of the molecule is Cn1nc(-c2ccc(NS(=O)(=O)c3ccc(Br)cc3)cc2)ccc1=O. The van der Waals surface area contributed by atoms with Gasteiger partial charge in [0, 0.05) is 28.8 Å². The van der Waals surface area contributed by atoms with Crippen LogP contribution in [-0.4, -0.2) is 18.2 Å². The van der Waals surface area contributed by atoms with E-state index in [4.69, 9.17) is 0 Å². The van der Waals surface area contributed by atoms with Crippen LogP contribution in [0, 0.1) is 0 Å². The van der Waals surface area contributed by atoms with E-state index in [1.54, 1.807) is 49.5 Å². The van der Waals surface area contributed by atoms with Crippen molar-refractivity contribution in [3.63, 3.8) is 0 Å². The van der Waals surface area contributed by atoms with Gasteiger partial charge in [-0.1, -0.05) is 28.1 Å². The van der Waals surface area contributed by atoms with Crippen LogP contribution in [0.25, 0.3) is 11.3 Å². The predicted molar refractivity (Wildman–Crippen MR) is 99.9 cm³/mol. The third-order valence-corrected chi connectivity index (χ3v) is 5.44. The molecule has 1 heterocycles. The minimum atomic E-state index is -3.65. The first kappa shape index (κ1) is 17.4. The van der Waals surface area contributed by atoms with Crippen LogP contribution in [0.5, 0.6) is 0 Å². The highest BCUT2D eigenvalue weighted by Gasteiger charge is 2.14. The van der Waals surface area contributed by atoms with E-state index >= 15 is 0 Å². The van der Waals surface area contributed by atoms with Crippen LogP contribution in [0.15, 0.2) is 74.8 Å². The molecule has 0 bridgehead atoms. The monoisotopic (exact) mass is 419 g/mol. The molecule has 3 rings (SSSR count). The molecule has 128 valence electrons. The highest BCUT2D eigenvalue weighted by atomic mass is 79.9. The van der Waals surface area contributed by atoms with Crippen molar-refractivity contribution in [2.45, 2.75) is 4.90 Å². The second kappa shape index (κ2) is 6.81. The molecule has 0 saturated heterocycles. The molecule has 8 heteroatoms. The van der Waals surface area contributed by atoms with E-state index in [2.05, 4.69) is 25.8 Å². The smallest absolute Gasteiger partial charge is 0.266 e. The third kappa shape index (κ3) is 3.97. The molecule has 0 atom stereocenters. The van der Waals surface area contributed by atoms with Crippen molar-refractivity contribution in [1.29, 1.82) is 0 Å². The Labute approximate surface area is 153 Å². The van der Waals surface area contributed by atoms with Crippen LogP contribution >= 0.6 is 15.9 Å². The van der Waals surface area contributed by atoms with Gasteiger partial charge in [0.25, 0.3) is 15.6 Å². The minimum absolute atomic E-state index is 0.180. The number of nitrogens with zero attached hydrogens (tertiary/aromatic N) is 2. The van der Waals surface area contributed by atoms with Crippen LogP contribution in [0.2, 0.25) is 0 Å². The zero-order valence-corrected chi connectivity index (χ0v) is 15.6. The number of aryl methyl sites for hydroxylation is 1. The van der Waals surface area contributed by atoms with Gasteiger partial charge in [0.1, 0.15) is 0 Å². The largest absolute Gasteiger partial charge is 0.280 e. The van der Waals surface area contributed by atoms with E-state index in [-0.39, 0.29) is 10.5 Å². The molecule has 0 amide bonds. The van der Waals surface area contributed by atoms with Gasteiger partial charge in [-0.05, 0) is 42.5 Å². The second-order valence-corrected chi connectivity index (χ2v) is 7.92.